The SMILES string of the molecule is CC(=O)c1ccn(C(=O)N2C[C@H]3C[C@H](OCc4cccc(C5CCCC5)c4)C[C@H]3C2)n1. The first-order valence-electron chi connectivity index (χ1n) is 11.6. The maximum Gasteiger partial charge on any atom is 0.344 e. The molecule has 164 valence electrons. The average molecular weight is 422 g/mol. The quantitative estimate of drug-likeness (QED) is 0.660. The first-order valence-corrected chi connectivity index (χ1v) is 11.6. The topological polar surface area (TPSA) is 64.4 Å². The number of rotatable bonds is 5. The number of amides is 1. The molecule has 0 unspecified atom stereocenters. The lowest BCUT2D eigenvalue weighted by Crippen LogP contribution is -2.34. The third-order valence-electron chi connectivity index (χ3n) is 7.39. The highest BCUT2D eigenvalue weighted by atomic mass is 16.5. The van der Waals surface area contributed by atoms with Gasteiger partial charge in [0.25, 0.3) is 0 Å². The molecule has 2 aliphatic carbocycles. The minimum Gasteiger partial charge on any atom is -0.374 e. The maximum absolute atomic E-state index is 12.7. The maximum atomic E-state index is 12.7. The lowest BCUT2D eigenvalue weighted by molar-refractivity contribution is 0.0383. The summed E-state index contributed by atoms with van der Waals surface area (Å²) in [5.41, 5.74) is 3.08. The van der Waals surface area contributed by atoms with Crippen molar-refractivity contribution in [1.82, 2.24) is 14.7 Å². The van der Waals surface area contributed by atoms with E-state index in [9.17, 15) is 9.59 Å². The van der Waals surface area contributed by atoms with E-state index in [0.717, 1.165) is 31.8 Å². The van der Waals surface area contributed by atoms with Crippen molar-refractivity contribution < 1.29 is 14.3 Å². The smallest absolute Gasteiger partial charge is 0.344 e. The number of Topliss-reactive ketones (excluding diaryl/α,β-unsaturated/α-hetero) is 1. The van der Waals surface area contributed by atoms with Crippen LogP contribution in [0.5, 0.6) is 0 Å². The highest BCUT2D eigenvalue weighted by molar-refractivity contribution is 5.92. The molecular weight excluding hydrogens is 390 g/mol. The van der Waals surface area contributed by atoms with Crippen LogP contribution in [0.3, 0.4) is 0 Å². The molecule has 0 spiro atoms. The normalized spacial score (nSPS) is 25.8. The standard InChI is InChI=1S/C25H31N3O3/c1-17(29)24-9-10-28(26-24)25(30)27-14-21-12-23(13-22(21)15-27)31-16-18-5-4-8-20(11-18)19-6-2-3-7-19/h4-5,8-11,19,21-23H,2-3,6-7,12-16H2,1H3/t21-,22+,23+. The summed E-state index contributed by atoms with van der Waals surface area (Å²) in [4.78, 5) is 26.0. The number of carbonyl (C=O) groups excluding carboxylic acids is 2. The summed E-state index contributed by atoms with van der Waals surface area (Å²) in [7, 11) is 0. The number of ether oxygens (including phenoxy) is 1. The second-order valence-corrected chi connectivity index (χ2v) is 9.54. The van der Waals surface area contributed by atoms with E-state index >= 15 is 0 Å². The van der Waals surface area contributed by atoms with Crippen LogP contribution >= 0.6 is 0 Å². The fourth-order valence-electron chi connectivity index (χ4n) is 5.71. The third-order valence-corrected chi connectivity index (χ3v) is 7.39. The number of ketones is 1. The molecule has 1 aromatic carbocycles. The van der Waals surface area contributed by atoms with Gasteiger partial charge in [0.2, 0.25) is 0 Å². The molecule has 6 heteroatoms. The largest absolute Gasteiger partial charge is 0.374 e. The Morgan fingerprint density at radius 2 is 1.84 bits per heavy atom. The van der Waals surface area contributed by atoms with Crippen molar-refractivity contribution in [2.45, 2.75) is 64.1 Å². The molecule has 3 aliphatic rings. The number of hydrogen-bond donors (Lipinski definition) is 0. The van der Waals surface area contributed by atoms with E-state index in [2.05, 4.69) is 29.4 Å². The van der Waals surface area contributed by atoms with Crippen LogP contribution in [0, 0.1) is 11.8 Å². The van der Waals surface area contributed by atoms with E-state index in [0.29, 0.717) is 24.1 Å². The van der Waals surface area contributed by atoms with Gasteiger partial charge < -0.3 is 9.64 Å². The molecule has 0 N–H and O–H groups in total. The van der Waals surface area contributed by atoms with Gasteiger partial charge in [-0.1, -0.05) is 37.1 Å². The molecular formula is C25H31N3O3. The zero-order valence-corrected chi connectivity index (χ0v) is 18.2. The van der Waals surface area contributed by atoms with E-state index < -0.39 is 0 Å². The number of likely N-dealkylation sites (tertiary alicyclic amines) is 1. The van der Waals surface area contributed by atoms with Crippen LogP contribution in [0.25, 0.3) is 0 Å². The predicted molar refractivity (Wildman–Crippen MR) is 117 cm³/mol. The van der Waals surface area contributed by atoms with Gasteiger partial charge in [-0.05, 0) is 60.6 Å². The second kappa shape index (κ2) is 8.58. The summed E-state index contributed by atoms with van der Waals surface area (Å²) in [6.07, 6.45) is 9.22. The molecule has 2 saturated carbocycles. The van der Waals surface area contributed by atoms with Gasteiger partial charge in [0.15, 0.2) is 5.78 Å². The Balaban J connectivity index is 1.12. The van der Waals surface area contributed by atoms with Crippen LogP contribution in [0.15, 0.2) is 36.5 Å². The number of benzene rings is 1. The molecule has 2 aromatic rings. The molecule has 1 aliphatic heterocycles. The molecule has 3 atom stereocenters. The van der Waals surface area contributed by atoms with E-state index in [1.807, 2.05) is 4.90 Å². The van der Waals surface area contributed by atoms with Gasteiger partial charge in [0.05, 0.1) is 12.7 Å². The minimum atomic E-state index is -0.136. The molecule has 2 heterocycles. The average Bonchev–Trinajstić information content (AvgIpc) is 3.55. The van der Waals surface area contributed by atoms with Crippen LogP contribution in [-0.2, 0) is 11.3 Å². The van der Waals surface area contributed by atoms with Crippen LogP contribution in [0.2, 0.25) is 0 Å². The van der Waals surface area contributed by atoms with Crippen molar-refractivity contribution in [3.63, 3.8) is 0 Å². The molecule has 6 nitrogen and oxygen atoms in total. The summed E-state index contributed by atoms with van der Waals surface area (Å²) in [6, 6.07) is 10.4. The summed E-state index contributed by atoms with van der Waals surface area (Å²) >= 11 is 0. The van der Waals surface area contributed by atoms with Gasteiger partial charge >= 0.3 is 6.03 Å². The van der Waals surface area contributed by atoms with Crippen molar-refractivity contribution in [2.75, 3.05) is 13.1 Å². The first-order chi connectivity index (χ1) is 15.1. The van der Waals surface area contributed by atoms with Crippen LogP contribution in [0.4, 0.5) is 4.79 Å². The Kier molecular flexibility index (Phi) is 5.65. The fourth-order valence-corrected chi connectivity index (χ4v) is 5.71. The molecule has 0 bridgehead atoms. The summed E-state index contributed by atoms with van der Waals surface area (Å²) in [6.45, 7) is 3.63. The minimum absolute atomic E-state index is 0.126. The summed E-state index contributed by atoms with van der Waals surface area (Å²) in [5.74, 6) is 1.58. The number of aromatic nitrogens is 2. The van der Waals surface area contributed by atoms with Crippen LogP contribution in [-0.4, -0.2) is 45.7 Å². The van der Waals surface area contributed by atoms with E-state index in [4.69, 9.17) is 4.74 Å². The van der Waals surface area contributed by atoms with Crippen molar-refractivity contribution in [1.29, 1.82) is 0 Å². The van der Waals surface area contributed by atoms with Crippen molar-refractivity contribution in [3.05, 3.63) is 53.3 Å². The molecule has 5 rings (SSSR count). The summed E-state index contributed by atoms with van der Waals surface area (Å²) in [5, 5.41) is 4.11. The van der Waals surface area contributed by atoms with Gasteiger partial charge in [-0.25, -0.2) is 4.79 Å². The van der Waals surface area contributed by atoms with Crippen molar-refractivity contribution in [3.8, 4) is 0 Å². The number of carbonyl (C=O) groups is 2. The monoisotopic (exact) mass is 421 g/mol. The van der Waals surface area contributed by atoms with E-state index in [-0.39, 0.29) is 17.9 Å². The van der Waals surface area contributed by atoms with Crippen LogP contribution in [0.1, 0.15) is 73.0 Å². The second-order valence-electron chi connectivity index (χ2n) is 9.54. The highest BCUT2D eigenvalue weighted by Gasteiger charge is 2.43. The third kappa shape index (κ3) is 4.31. The fraction of sp³-hybridized carbons (Fsp3) is 0.560. The predicted octanol–water partition coefficient (Wildman–Crippen LogP) is 4.64. The lowest BCUT2D eigenvalue weighted by atomic mass is 9.96. The van der Waals surface area contributed by atoms with Crippen molar-refractivity contribution in [2.24, 2.45) is 11.8 Å². The molecule has 0 radical (unpaired) electrons. The first kappa shape index (κ1) is 20.4. The Bertz CT molecular complexity index is 948. The molecule has 1 amide bonds. The van der Waals surface area contributed by atoms with Gasteiger partial charge in [-0.15, -0.1) is 0 Å². The van der Waals surface area contributed by atoms with Crippen LogP contribution < -0.4 is 0 Å². The molecule has 1 saturated heterocycles. The van der Waals surface area contributed by atoms with E-state index in [1.165, 1.54) is 48.4 Å². The Hall–Kier alpha value is -2.47. The highest BCUT2D eigenvalue weighted by Crippen LogP contribution is 2.40. The number of nitrogens with zero attached hydrogens (tertiary/aromatic N) is 3. The Labute approximate surface area is 183 Å². The lowest BCUT2D eigenvalue weighted by Gasteiger charge is -2.19. The van der Waals surface area contributed by atoms with Gasteiger partial charge in [0, 0.05) is 26.2 Å². The molecule has 3 fully saturated rings. The van der Waals surface area contributed by atoms with Gasteiger partial charge in [-0.3, -0.25) is 4.79 Å². The van der Waals surface area contributed by atoms with Crippen molar-refractivity contribution >= 4 is 11.8 Å². The molecule has 1 aromatic heterocycles. The van der Waals surface area contributed by atoms with E-state index in [1.54, 1.807) is 12.3 Å². The zero-order chi connectivity index (χ0) is 21.4. The Morgan fingerprint density at radius 3 is 2.52 bits per heavy atom. The number of hydrogen-bond acceptors (Lipinski definition) is 4. The van der Waals surface area contributed by atoms with Gasteiger partial charge in [0.1, 0.15) is 5.69 Å². The van der Waals surface area contributed by atoms with Gasteiger partial charge in [-0.2, -0.15) is 9.78 Å². The molecule has 31 heavy (non-hydrogen) atoms. The number of fused-ring (bicyclic) bond motifs is 1. The zero-order valence-electron chi connectivity index (χ0n) is 18.2. The summed E-state index contributed by atoms with van der Waals surface area (Å²) < 4.78 is 7.59. The Morgan fingerprint density at radius 1 is 1.10 bits per heavy atom.